The largest absolute Gasteiger partial charge is 0.497 e. The molecule has 148 valence electrons. The van der Waals surface area contributed by atoms with E-state index >= 15 is 0 Å². The van der Waals surface area contributed by atoms with Crippen LogP contribution in [0.1, 0.15) is 12.8 Å². The lowest BCUT2D eigenvalue weighted by Crippen LogP contribution is -2.35. The Balaban J connectivity index is 1.47. The maximum absolute atomic E-state index is 12.7. The molecule has 0 spiro atoms. The predicted octanol–water partition coefficient (Wildman–Crippen LogP) is 2.98. The summed E-state index contributed by atoms with van der Waals surface area (Å²) in [5.74, 6) is 1.23. The summed E-state index contributed by atoms with van der Waals surface area (Å²) in [5.41, 5.74) is 0.792. The second kappa shape index (κ2) is 9.26. The van der Waals surface area contributed by atoms with Gasteiger partial charge in [0.2, 0.25) is 11.8 Å². The minimum atomic E-state index is -0.311. The van der Waals surface area contributed by atoms with E-state index in [1.165, 1.54) is 0 Å². The van der Waals surface area contributed by atoms with Crippen molar-refractivity contribution in [3.8, 4) is 11.5 Å². The van der Waals surface area contributed by atoms with Crippen LogP contribution in [0.15, 0.2) is 54.6 Å². The van der Waals surface area contributed by atoms with E-state index in [1.54, 1.807) is 24.0 Å². The molecule has 3 rings (SSSR count). The average molecular weight is 382 g/mol. The molecule has 1 atom stereocenters. The number of nitrogens with zero attached hydrogens (tertiary/aromatic N) is 2. The van der Waals surface area contributed by atoms with Crippen LogP contribution in [0.25, 0.3) is 0 Å². The van der Waals surface area contributed by atoms with Crippen LogP contribution in [-0.4, -0.2) is 50.6 Å². The number of hydrogen-bond acceptors (Lipinski definition) is 4. The molecule has 1 heterocycles. The molecule has 0 aromatic heterocycles. The van der Waals surface area contributed by atoms with Crippen molar-refractivity contribution in [2.45, 2.75) is 12.8 Å². The number of methoxy groups -OCH3 is 1. The molecule has 1 fully saturated rings. The Bertz CT molecular complexity index is 792. The summed E-state index contributed by atoms with van der Waals surface area (Å²) in [5, 5.41) is 0. The molecule has 6 nitrogen and oxygen atoms in total. The molecule has 0 N–H and O–H groups in total. The first kappa shape index (κ1) is 19.7. The highest BCUT2D eigenvalue weighted by Gasteiger charge is 2.36. The van der Waals surface area contributed by atoms with Crippen LogP contribution in [0.3, 0.4) is 0 Å². The van der Waals surface area contributed by atoms with Crippen molar-refractivity contribution in [3.63, 3.8) is 0 Å². The van der Waals surface area contributed by atoms with E-state index in [1.807, 2.05) is 54.6 Å². The minimum absolute atomic E-state index is 0.00377. The molecule has 0 aliphatic carbocycles. The molecule has 1 aliphatic heterocycles. The molecular weight excluding hydrogens is 356 g/mol. The lowest BCUT2D eigenvalue weighted by atomic mass is 10.1. The second-order valence-corrected chi connectivity index (χ2v) is 6.88. The molecule has 2 amide bonds. The summed E-state index contributed by atoms with van der Waals surface area (Å²) in [6, 6.07) is 16.9. The smallest absolute Gasteiger partial charge is 0.227 e. The Labute approximate surface area is 165 Å². The quantitative estimate of drug-likeness (QED) is 0.659. The highest BCUT2D eigenvalue weighted by molar-refractivity contribution is 6.00. The van der Waals surface area contributed by atoms with E-state index in [0.717, 1.165) is 23.6 Å². The molecule has 1 saturated heterocycles. The minimum Gasteiger partial charge on any atom is -0.497 e. The summed E-state index contributed by atoms with van der Waals surface area (Å²) in [4.78, 5) is 28.5. The van der Waals surface area contributed by atoms with E-state index in [-0.39, 0.29) is 24.2 Å². The lowest BCUT2D eigenvalue weighted by Gasteiger charge is -2.21. The molecule has 1 unspecified atom stereocenters. The molecule has 2 aromatic rings. The van der Waals surface area contributed by atoms with Crippen LogP contribution in [0, 0.1) is 5.92 Å². The van der Waals surface area contributed by atoms with Crippen molar-refractivity contribution in [3.05, 3.63) is 54.6 Å². The third-order valence-corrected chi connectivity index (χ3v) is 4.88. The van der Waals surface area contributed by atoms with Gasteiger partial charge in [-0.25, -0.2) is 0 Å². The van der Waals surface area contributed by atoms with E-state index < -0.39 is 0 Å². The van der Waals surface area contributed by atoms with Gasteiger partial charge in [-0.15, -0.1) is 0 Å². The van der Waals surface area contributed by atoms with E-state index in [9.17, 15) is 9.59 Å². The number of para-hydroxylation sites is 1. The van der Waals surface area contributed by atoms with Crippen molar-refractivity contribution < 1.29 is 19.1 Å². The third-order valence-electron chi connectivity index (χ3n) is 4.88. The summed E-state index contributed by atoms with van der Waals surface area (Å²) in [7, 11) is 3.39. The molecule has 0 bridgehead atoms. The van der Waals surface area contributed by atoms with Crippen LogP contribution >= 0.6 is 0 Å². The zero-order valence-electron chi connectivity index (χ0n) is 16.3. The number of carbonyl (C=O) groups is 2. The topological polar surface area (TPSA) is 59.1 Å². The number of ether oxygens (including phenoxy) is 2. The standard InChI is InChI=1S/C22H26N2O4/c1-23(13-6-14-28-20-7-4-3-5-8-20)22(26)17-15-21(25)24(16-17)18-9-11-19(27-2)12-10-18/h3-5,7-12,17H,6,13-16H2,1-2H3. The van der Waals surface area contributed by atoms with Crippen molar-refractivity contribution in [1.82, 2.24) is 4.90 Å². The van der Waals surface area contributed by atoms with E-state index in [2.05, 4.69) is 0 Å². The number of carbonyl (C=O) groups excluding carboxylic acids is 2. The number of hydrogen-bond donors (Lipinski definition) is 0. The summed E-state index contributed by atoms with van der Waals surface area (Å²) >= 11 is 0. The third kappa shape index (κ3) is 4.82. The first-order valence-electron chi connectivity index (χ1n) is 9.45. The van der Waals surface area contributed by atoms with Gasteiger partial charge in [-0.1, -0.05) is 18.2 Å². The molecule has 0 radical (unpaired) electrons. The Morgan fingerprint density at radius 2 is 1.82 bits per heavy atom. The molecular formula is C22H26N2O4. The Morgan fingerprint density at radius 1 is 1.11 bits per heavy atom. The molecule has 1 aliphatic rings. The maximum atomic E-state index is 12.7. The average Bonchev–Trinajstić information content (AvgIpc) is 3.13. The van der Waals surface area contributed by atoms with E-state index in [4.69, 9.17) is 9.47 Å². The van der Waals surface area contributed by atoms with Crippen molar-refractivity contribution >= 4 is 17.5 Å². The zero-order valence-corrected chi connectivity index (χ0v) is 16.3. The van der Waals surface area contributed by atoms with Gasteiger partial charge in [0.25, 0.3) is 0 Å². The second-order valence-electron chi connectivity index (χ2n) is 6.88. The van der Waals surface area contributed by atoms with Gasteiger partial charge in [0.15, 0.2) is 0 Å². The SMILES string of the molecule is COc1ccc(N2CC(C(=O)N(C)CCCOc3ccccc3)CC2=O)cc1. The fourth-order valence-corrected chi connectivity index (χ4v) is 3.32. The van der Waals surface area contributed by atoms with Gasteiger partial charge in [0.05, 0.1) is 19.6 Å². The van der Waals surface area contributed by atoms with Crippen molar-refractivity contribution in [2.24, 2.45) is 5.92 Å². The lowest BCUT2D eigenvalue weighted by molar-refractivity contribution is -0.134. The van der Waals surface area contributed by atoms with Gasteiger partial charge in [0, 0.05) is 32.2 Å². The Kier molecular flexibility index (Phi) is 6.53. The Hall–Kier alpha value is -3.02. The predicted molar refractivity (Wildman–Crippen MR) is 108 cm³/mol. The summed E-state index contributed by atoms with van der Waals surface area (Å²) in [6.45, 7) is 1.55. The van der Waals surface area contributed by atoms with Gasteiger partial charge in [-0.2, -0.15) is 0 Å². The van der Waals surface area contributed by atoms with Gasteiger partial charge >= 0.3 is 0 Å². The molecule has 2 aromatic carbocycles. The van der Waals surface area contributed by atoms with Crippen LogP contribution in [0.2, 0.25) is 0 Å². The van der Waals surface area contributed by atoms with E-state index in [0.29, 0.717) is 19.7 Å². The van der Waals surface area contributed by atoms with Crippen LogP contribution in [-0.2, 0) is 9.59 Å². The summed E-state index contributed by atoms with van der Waals surface area (Å²) < 4.78 is 10.8. The van der Waals surface area contributed by atoms with Crippen molar-refractivity contribution in [2.75, 3.05) is 38.8 Å². The van der Waals surface area contributed by atoms with Crippen molar-refractivity contribution in [1.29, 1.82) is 0 Å². The molecule has 6 heteroatoms. The fourth-order valence-electron chi connectivity index (χ4n) is 3.32. The van der Waals surface area contributed by atoms with Gasteiger partial charge in [0.1, 0.15) is 11.5 Å². The first-order valence-corrected chi connectivity index (χ1v) is 9.45. The maximum Gasteiger partial charge on any atom is 0.227 e. The van der Waals surface area contributed by atoms with Crippen LogP contribution < -0.4 is 14.4 Å². The van der Waals surface area contributed by atoms with Crippen LogP contribution in [0.5, 0.6) is 11.5 Å². The number of rotatable bonds is 8. The highest BCUT2D eigenvalue weighted by atomic mass is 16.5. The van der Waals surface area contributed by atoms with Gasteiger partial charge < -0.3 is 19.3 Å². The molecule has 28 heavy (non-hydrogen) atoms. The first-order chi connectivity index (χ1) is 13.6. The van der Waals surface area contributed by atoms with Gasteiger partial charge in [-0.05, 0) is 42.8 Å². The van der Waals surface area contributed by atoms with Gasteiger partial charge in [-0.3, -0.25) is 9.59 Å². The van der Waals surface area contributed by atoms with Crippen LogP contribution in [0.4, 0.5) is 5.69 Å². The fraction of sp³-hybridized carbons (Fsp3) is 0.364. The Morgan fingerprint density at radius 3 is 2.50 bits per heavy atom. The number of anilines is 1. The number of benzene rings is 2. The number of amides is 2. The highest BCUT2D eigenvalue weighted by Crippen LogP contribution is 2.27. The molecule has 0 saturated carbocycles. The zero-order chi connectivity index (χ0) is 19.9. The normalized spacial score (nSPS) is 16.1. The monoisotopic (exact) mass is 382 g/mol. The summed E-state index contributed by atoms with van der Waals surface area (Å²) in [6.07, 6.45) is 0.982.